The highest BCUT2D eigenvalue weighted by Crippen LogP contribution is 2.33. The van der Waals surface area contributed by atoms with Crippen molar-refractivity contribution in [2.24, 2.45) is 5.92 Å². The summed E-state index contributed by atoms with van der Waals surface area (Å²) in [4.78, 5) is 30.7. The minimum Gasteiger partial charge on any atom is -0.337 e. The predicted molar refractivity (Wildman–Crippen MR) is 92.8 cm³/mol. The van der Waals surface area contributed by atoms with E-state index < -0.39 is 0 Å². The Balaban J connectivity index is 1.73. The maximum absolute atomic E-state index is 12.8. The topological polar surface area (TPSA) is 40.6 Å². The molecule has 4 nitrogen and oxygen atoms in total. The molecular formula is C18H24N2O2S. The molecule has 0 N–H and O–H groups in total. The van der Waals surface area contributed by atoms with E-state index in [4.69, 9.17) is 0 Å². The third-order valence-corrected chi connectivity index (χ3v) is 6.17. The third-order valence-electron chi connectivity index (χ3n) is 4.95. The van der Waals surface area contributed by atoms with Crippen LogP contribution in [0.25, 0.3) is 0 Å². The van der Waals surface area contributed by atoms with Crippen molar-refractivity contribution < 1.29 is 9.59 Å². The van der Waals surface area contributed by atoms with Crippen LogP contribution in [-0.2, 0) is 17.6 Å². The molecule has 1 aromatic rings. The van der Waals surface area contributed by atoms with Gasteiger partial charge in [0.25, 0.3) is 5.91 Å². The van der Waals surface area contributed by atoms with Crippen LogP contribution in [0.5, 0.6) is 0 Å². The number of amides is 2. The lowest BCUT2D eigenvalue weighted by atomic mass is 9.90. The number of likely N-dealkylation sites (tertiary alicyclic amines) is 1. The van der Waals surface area contributed by atoms with Crippen LogP contribution >= 0.6 is 11.3 Å². The van der Waals surface area contributed by atoms with Gasteiger partial charge in [0.05, 0.1) is 4.88 Å². The van der Waals surface area contributed by atoms with Gasteiger partial charge in [-0.25, -0.2) is 0 Å². The van der Waals surface area contributed by atoms with Crippen LogP contribution < -0.4 is 0 Å². The molecule has 23 heavy (non-hydrogen) atoms. The Hall–Kier alpha value is -1.62. The van der Waals surface area contributed by atoms with Crippen molar-refractivity contribution in [3.63, 3.8) is 0 Å². The zero-order chi connectivity index (χ0) is 16.6. The smallest absolute Gasteiger partial charge is 0.264 e. The molecule has 2 amide bonds. The number of carbonyl (C=O) groups excluding carboxylic acids is 2. The zero-order valence-corrected chi connectivity index (χ0v) is 14.7. The van der Waals surface area contributed by atoms with Gasteiger partial charge in [-0.05, 0) is 43.2 Å². The van der Waals surface area contributed by atoms with Crippen molar-refractivity contribution in [1.29, 1.82) is 0 Å². The Morgan fingerprint density at radius 1 is 1.52 bits per heavy atom. The highest BCUT2D eigenvalue weighted by Gasteiger charge is 2.36. The van der Waals surface area contributed by atoms with E-state index in [0.29, 0.717) is 25.4 Å². The van der Waals surface area contributed by atoms with Crippen LogP contribution in [-0.4, -0.2) is 47.8 Å². The summed E-state index contributed by atoms with van der Waals surface area (Å²) in [6.45, 7) is 7.20. The van der Waals surface area contributed by atoms with E-state index in [0.717, 1.165) is 17.7 Å². The molecule has 0 radical (unpaired) electrons. The summed E-state index contributed by atoms with van der Waals surface area (Å²) >= 11 is 1.61. The lowest BCUT2D eigenvalue weighted by molar-refractivity contribution is -0.130. The summed E-state index contributed by atoms with van der Waals surface area (Å²) in [7, 11) is 1.75. The molecule has 124 valence electrons. The largest absolute Gasteiger partial charge is 0.337 e. The SMILES string of the molecule is C=CCN1CC[C@H](N(C)C(=O)c2cc3c(s2)CC[C@@H](C)C3)C1=O. The summed E-state index contributed by atoms with van der Waals surface area (Å²) in [5.41, 5.74) is 1.33. The van der Waals surface area contributed by atoms with E-state index in [2.05, 4.69) is 19.6 Å². The standard InChI is InChI=1S/C18H24N2O2S/c1-4-8-20-9-7-14(17(20)21)19(3)18(22)16-11-13-10-12(2)5-6-15(13)23-16/h4,11-12,14H,1,5-10H2,2-3H3/t12-,14+/m1/s1. The fourth-order valence-corrected chi connectivity index (χ4v) is 4.74. The molecule has 1 saturated heterocycles. The Bertz CT molecular complexity index is 637. The maximum atomic E-state index is 12.8. The number of hydrogen-bond acceptors (Lipinski definition) is 3. The normalized spacial score (nSPS) is 23.7. The van der Waals surface area contributed by atoms with Gasteiger partial charge in [0.15, 0.2) is 0 Å². The minimum absolute atomic E-state index is 0.0177. The van der Waals surface area contributed by atoms with Crippen molar-refractivity contribution in [2.75, 3.05) is 20.1 Å². The lowest BCUT2D eigenvalue weighted by Gasteiger charge is -2.23. The predicted octanol–water partition coefficient (Wildman–Crippen LogP) is 2.73. The number of fused-ring (bicyclic) bond motifs is 1. The zero-order valence-electron chi connectivity index (χ0n) is 13.9. The molecule has 1 fully saturated rings. The lowest BCUT2D eigenvalue weighted by Crippen LogP contribution is -2.42. The van der Waals surface area contributed by atoms with Crippen molar-refractivity contribution in [1.82, 2.24) is 9.80 Å². The first kappa shape index (κ1) is 16.2. The fraction of sp³-hybridized carbons (Fsp3) is 0.556. The van der Waals surface area contributed by atoms with E-state index in [1.807, 2.05) is 0 Å². The van der Waals surface area contributed by atoms with Crippen LogP contribution in [0.2, 0.25) is 0 Å². The highest BCUT2D eigenvalue weighted by atomic mass is 32.1. The third kappa shape index (κ3) is 3.07. The summed E-state index contributed by atoms with van der Waals surface area (Å²) in [5.74, 6) is 0.716. The van der Waals surface area contributed by atoms with Gasteiger partial charge in [0, 0.05) is 25.0 Å². The second-order valence-corrected chi connectivity index (χ2v) is 7.84. The second kappa shape index (κ2) is 6.48. The van der Waals surface area contributed by atoms with Crippen LogP contribution in [0.15, 0.2) is 18.7 Å². The van der Waals surface area contributed by atoms with Crippen LogP contribution in [0.1, 0.15) is 39.9 Å². The van der Waals surface area contributed by atoms with Crippen LogP contribution in [0.3, 0.4) is 0 Å². The number of thiophene rings is 1. The molecule has 2 atom stereocenters. The number of aryl methyl sites for hydroxylation is 1. The number of rotatable bonds is 4. The number of carbonyl (C=O) groups is 2. The maximum Gasteiger partial charge on any atom is 0.264 e. The Morgan fingerprint density at radius 2 is 2.30 bits per heavy atom. The molecule has 0 spiro atoms. The molecule has 2 heterocycles. The van der Waals surface area contributed by atoms with Crippen molar-refractivity contribution in [3.05, 3.63) is 34.0 Å². The van der Waals surface area contributed by atoms with E-state index in [9.17, 15) is 9.59 Å². The molecule has 0 aromatic carbocycles. The van der Waals surface area contributed by atoms with Gasteiger partial charge in [-0.2, -0.15) is 0 Å². The van der Waals surface area contributed by atoms with Crippen LogP contribution in [0.4, 0.5) is 0 Å². The molecular weight excluding hydrogens is 308 g/mol. The molecule has 1 aliphatic heterocycles. The van der Waals surface area contributed by atoms with Gasteiger partial charge in [-0.15, -0.1) is 17.9 Å². The summed E-state index contributed by atoms with van der Waals surface area (Å²) < 4.78 is 0. The van der Waals surface area contributed by atoms with E-state index in [1.165, 1.54) is 16.9 Å². The first-order valence-electron chi connectivity index (χ1n) is 8.29. The highest BCUT2D eigenvalue weighted by molar-refractivity contribution is 7.14. The van der Waals surface area contributed by atoms with E-state index >= 15 is 0 Å². The van der Waals surface area contributed by atoms with Crippen molar-refractivity contribution in [2.45, 2.75) is 38.6 Å². The first-order chi connectivity index (χ1) is 11.0. The quantitative estimate of drug-likeness (QED) is 0.796. The van der Waals surface area contributed by atoms with Gasteiger partial charge in [-0.1, -0.05) is 13.0 Å². The Morgan fingerprint density at radius 3 is 3.04 bits per heavy atom. The summed E-state index contributed by atoms with van der Waals surface area (Å²) in [6, 6.07) is 1.72. The molecule has 1 aliphatic carbocycles. The van der Waals surface area contributed by atoms with Gasteiger partial charge in [0.2, 0.25) is 5.91 Å². The Labute approximate surface area is 141 Å². The average Bonchev–Trinajstić information content (AvgIpc) is 3.10. The molecule has 0 bridgehead atoms. The molecule has 3 rings (SSSR count). The monoisotopic (exact) mass is 332 g/mol. The number of nitrogens with zero attached hydrogens (tertiary/aromatic N) is 2. The molecule has 5 heteroatoms. The summed E-state index contributed by atoms with van der Waals surface area (Å²) in [6.07, 6.45) is 5.79. The molecule has 0 saturated carbocycles. The van der Waals surface area contributed by atoms with Gasteiger partial charge in [0.1, 0.15) is 6.04 Å². The van der Waals surface area contributed by atoms with E-state index in [1.54, 1.807) is 34.3 Å². The molecule has 1 aromatic heterocycles. The van der Waals surface area contributed by atoms with E-state index in [-0.39, 0.29) is 17.9 Å². The number of likely N-dealkylation sites (N-methyl/N-ethyl adjacent to an activating group) is 1. The second-order valence-electron chi connectivity index (χ2n) is 6.70. The van der Waals surface area contributed by atoms with Crippen molar-refractivity contribution in [3.8, 4) is 0 Å². The van der Waals surface area contributed by atoms with Gasteiger partial charge < -0.3 is 9.80 Å². The van der Waals surface area contributed by atoms with Crippen molar-refractivity contribution >= 4 is 23.2 Å². The number of hydrogen-bond donors (Lipinski definition) is 0. The fourth-order valence-electron chi connectivity index (χ4n) is 3.55. The Kier molecular flexibility index (Phi) is 4.57. The summed E-state index contributed by atoms with van der Waals surface area (Å²) in [5, 5.41) is 0. The average molecular weight is 332 g/mol. The van der Waals surface area contributed by atoms with Crippen LogP contribution in [0, 0.1) is 5.92 Å². The first-order valence-corrected chi connectivity index (χ1v) is 9.11. The van der Waals surface area contributed by atoms with Gasteiger partial charge in [-0.3, -0.25) is 9.59 Å². The minimum atomic E-state index is -0.333. The van der Waals surface area contributed by atoms with Gasteiger partial charge >= 0.3 is 0 Å². The molecule has 2 aliphatic rings. The molecule has 0 unspecified atom stereocenters.